The van der Waals surface area contributed by atoms with Crippen molar-refractivity contribution in [2.24, 2.45) is 0 Å². The third-order valence-electron chi connectivity index (χ3n) is 2.61. The standard InChI is InChI=1S/C11H17N3O/c1-4-14-5-6-15-11-10(14)13-9(7-12-11)8(2)3/h7-8H,4-6H2,1-3H3. The first-order chi connectivity index (χ1) is 7.22. The maximum Gasteiger partial charge on any atom is 0.257 e. The van der Waals surface area contributed by atoms with Crippen molar-refractivity contribution < 1.29 is 4.74 Å². The lowest BCUT2D eigenvalue weighted by Crippen LogP contribution is -2.33. The van der Waals surface area contributed by atoms with Gasteiger partial charge in [-0.05, 0) is 12.8 Å². The van der Waals surface area contributed by atoms with Crippen LogP contribution in [0.2, 0.25) is 0 Å². The number of anilines is 1. The van der Waals surface area contributed by atoms with Crippen LogP contribution in [0, 0.1) is 0 Å². The molecular weight excluding hydrogens is 190 g/mol. The van der Waals surface area contributed by atoms with E-state index in [1.807, 2.05) is 6.20 Å². The zero-order valence-corrected chi connectivity index (χ0v) is 9.53. The number of aromatic nitrogens is 2. The number of hydrogen-bond acceptors (Lipinski definition) is 4. The predicted molar refractivity (Wildman–Crippen MR) is 59.5 cm³/mol. The predicted octanol–water partition coefficient (Wildman–Crippen LogP) is 1.82. The number of rotatable bonds is 2. The van der Waals surface area contributed by atoms with Crippen LogP contribution >= 0.6 is 0 Å². The molecule has 1 aliphatic heterocycles. The van der Waals surface area contributed by atoms with E-state index in [1.165, 1.54) is 0 Å². The summed E-state index contributed by atoms with van der Waals surface area (Å²) < 4.78 is 5.47. The van der Waals surface area contributed by atoms with Crippen molar-refractivity contribution in [3.63, 3.8) is 0 Å². The Balaban J connectivity index is 2.39. The van der Waals surface area contributed by atoms with Crippen molar-refractivity contribution in [3.8, 4) is 5.88 Å². The highest BCUT2D eigenvalue weighted by Gasteiger charge is 2.20. The van der Waals surface area contributed by atoms with Gasteiger partial charge < -0.3 is 9.64 Å². The van der Waals surface area contributed by atoms with E-state index in [0.717, 1.165) is 24.6 Å². The molecule has 0 radical (unpaired) electrons. The third kappa shape index (κ3) is 1.89. The van der Waals surface area contributed by atoms with Crippen LogP contribution < -0.4 is 9.64 Å². The van der Waals surface area contributed by atoms with E-state index in [-0.39, 0.29) is 0 Å². The number of fused-ring (bicyclic) bond motifs is 1. The Morgan fingerprint density at radius 2 is 2.33 bits per heavy atom. The van der Waals surface area contributed by atoms with Crippen LogP contribution in [0.1, 0.15) is 32.4 Å². The summed E-state index contributed by atoms with van der Waals surface area (Å²) in [7, 11) is 0. The fourth-order valence-corrected chi connectivity index (χ4v) is 1.63. The lowest BCUT2D eigenvalue weighted by molar-refractivity contribution is 0.293. The van der Waals surface area contributed by atoms with Crippen molar-refractivity contribution in [1.82, 2.24) is 9.97 Å². The Morgan fingerprint density at radius 1 is 1.53 bits per heavy atom. The molecule has 0 bridgehead atoms. The molecule has 4 nitrogen and oxygen atoms in total. The van der Waals surface area contributed by atoms with E-state index in [2.05, 4.69) is 35.6 Å². The van der Waals surface area contributed by atoms with E-state index < -0.39 is 0 Å². The Bertz CT molecular complexity index is 352. The van der Waals surface area contributed by atoms with Gasteiger partial charge in [-0.25, -0.2) is 9.97 Å². The van der Waals surface area contributed by atoms with Crippen molar-refractivity contribution in [3.05, 3.63) is 11.9 Å². The molecule has 0 saturated heterocycles. The molecule has 2 heterocycles. The van der Waals surface area contributed by atoms with Gasteiger partial charge in [-0.1, -0.05) is 13.8 Å². The normalized spacial score (nSPS) is 15.1. The van der Waals surface area contributed by atoms with Crippen LogP contribution in [-0.2, 0) is 0 Å². The first-order valence-corrected chi connectivity index (χ1v) is 5.47. The summed E-state index contributed by atoms with van der Waals surface area (Å²) in [6.45, 7) is 8.93. The lowest BCUT2D eigenvalue weighted by Gasteiger charge is -2.28. The minimum Gasteiger partial charge on any atom is -0.473 e. The van der Waals surface area contributed by atoms with Gasteiger partial charge in [-0.15, -0.1) is 0 Å². The molecule has 0 spiro atoms. The average Bonchev–Trinajstić information content (AvgIpc) is 2.27. The van der Waals surface area contributed by atoms with Crippen LogP contribution in [0.4, 0.5) is 5.82 Å². The number of hydrogen-bond donors (Lipinski definition) is 0. The van der Waals surface area contributed by atoms with E-state index in [4.69, 9.17) is 4.74 Å². The minimum atomic E-state index is 0.406. The van der Waals surface area contributed by atoms with Crippen LogP contribution in [0.3, 0.4) is 0 Å². The Labute approximate surface area is 90.3 Å². The van der Waals surface area contributed by atoms with Gasteiger partial charge in [0.1, 0.15) is 6.61 Å². The van der Waals surface area contributed by atoms with E-state index in [1.54, 1.807) is 0 Å². The van der Waals surface area contributed by atoms with Crippen molar-refractivity contribution in [2.75, 3.05) is 24.6 Å². The van der Waals surface area contributed by atoms with Gasteiger partial charge >= 0.3 is 0 Å². The maximum absolute atomic E-state index is 5.47. The first kappa shape index (κ1) is 10.2. The second-order valence-electron chi connectivity index (χ2n) is 4.01. The largest absolute Gasteiger partial charge is 0.473 e. The van der Waals surface area contributed by atoms with Crippen LogP contribution in [-0.4, -0.2) is 29.7 Å². The topological polar surface area (TPSA) is 38.2 Å². The molecular formula is C11H17N3O. The first-order valence-electron chi connectivity index (χ1n) is 5.47. The molecule has 82 valence electrons. The molecule has 0 saturated carbocycles. The maximum atomic E-state index is 5.47. The summed E-state index contributed by atoms with van der Waals surface area (Å²) in [5.41, 5.74) is 1.03. The highest BCUT2D eigenvalue weighted by atomic mass is 16.5. The minimum absolute atomic E-state index is 0.406. The summed E-state index contributed by atoms with van der Waals surface area (Å²) >= 11 is 0. The van der Waals surface area contributed by atoms with E-state index in [9.17, 15) is 0 Å². The molecule has 1 aromatic heterocycles. The van der Waals surface area contributed by atoms with Gasteiger partial charge in [0.05, 0.1) is 18.4 Å². The van der Waals surface area contributed by atoms with Gasteiger partial charge in [0.25, 0.3) is 5.88 Å². The molecule has 0 aliphatic carbocycles. The molecule has 0 unspecified atom stereocenters. The highest BCUT2D eigenvalue weighted by molar-refractivity contribution is 5.50. The smallest absolute Gasteiger partial charge is 0.257 e. The molecule has 15 heavy (non-hydrogen) atoms. The zero-order chi connectivity index (χ0) is 10.8. The summed E-state index contributed by atoms with van der Waals surface area (Å²) in [6.07, 6.45) is 1.81. The van der Waals surface area contributed by atoms with Crippen LogP contribution in [0.15, 0.2) is 6.20 Å². The molecule has 0 aromatic carbocycles. The zero-order valence-electron chi connectivity index (χ0n) is 9.53. The number of ether oxygens (including phenoxy) is 1. The van der Waals surface area contributed by atoms with E-state index >= 15 is 0 Å². The molecule has 0 fully saturated rings. The monoisotopic (exact) mass is 207 g/mol. The Kier molecular flexibility index (Phi) is 2.75. The lowest BCUT2D eigenvalue weighted by atomic mass is 10.1. The third-order valence-corrected chi connectivity index (χ3v) is 2.61. The molecule has 0 atom stereocenters. The van der Waals surface area contributed by atoms with Crippen molar-refractivity contribution in [2.45, 2.75) is 26.7 Å². The Morgan fingerprint density at radius 3 is 3.00 bits per heavy atom. The highest BCUT2D eigenvalue weighted by Crippen LogP contribution is 2.28. The Hall–Kier alpha value is -1.32. The second kappa shape index (κ2) is 4.04. The molecule has 0 amide bonds. The summed E-state index contributed by atoms with van der Waals surface area (Å²) in [5.74, 6) is 1.98. The van der Waals surface area contributed by atoms with Crippen LogP contribution in [0.25, 0.3) is 0 Å². The molecule has 4 heteroatoms. The fourth-order valence-electron chi connectivity index (χ4n) is 1.63. The number of likely N-dealkylation sites (N-methyl/N-ethyl adjacent to an activating group) is 1. The quantitative estimate of drug-likeness (QED) is 0.741. The number of nitrogens with zero attached hydrogens (tertiary/aromatic N) is 3. The van der Waals surface area contributed by atoms with Gasteiger partial charge in [-0.3, -0.25) is 0 Å². The SMILES string of the molecule is CCN1CCOc2ncc(C(C)C)nc21. The fraction of sp³-hybridized carbons (Fsp3) is 0.636. The van der Waals surface area contributed by atoms with Crippen molar-refractivity contribution >= 4 is 5.82 Å². The van der Waals surface area contributed by atoms with Crippen LogP contribution in [0.5, 0.6) is 5.88 Å². The molecule has 0 N–H and O–H groups in total. The van der Waals surface area contributed by atoms with Gasteiger partial charge in [-0.2, -0.15) is 0 Å². The molecule has 1 aromatic rings. The van der Waals surface area contributed by atoms with Gasteiger partial charge in [0.2, 0.25) is 0 Å². The van der Waals surface area contributed by atoms with Gasteiger partial charge in [0.15, 0.2) is 5.82 Å². The molecule has 2 rings (SSSR count). The summed E-state index contributed by atoms with van der Waals surface area (Å²) in [4.78, 5) is 11.1. The van der Waals surface area contributed by atoms with E-state index in [0.29, 0.717) is 18.4 Å². The summed E-state index contributed by atoms with van der Waals surface area (Å²) in [5, 5.41) is 0. The average molecular weight is 207 g/mol. The van der Waals surface area contributed by atoms with Gasteiger partial charge in [0, 0.05) is 6.54 Å². The summed E-state index contributed by atoms with van der Waals surface area (Å²) in [6, 6.07) is 0. The van der Waals surface area contributed by atoms with Crippen molar-refractivity contribution in [1.29, 1.82) is 0 Å². The molecule has 1 aliphatic rings. The second-order valence-corrected chi connectivity index (χ2v) is 4.01.